The minimum absolute atomic E-state index is 0.218. The van der Waals surface area contributed by atoms with Crippen LogP contribution in [0.2, 0.25) is 0 Å². The molecule has 1 amide bonds. The second kappa shape index (κ2) is 6.89. The van der Waals surface area contributed by atoms with Crippen LogP contribution in [-0.4, -0.2) is 31.5 Å². The van der Waals surface area contributed by atoms with Crippen molar-refractivity contribution in [2.45, 2.75) is 6.04 Å². The summed E-state index contributed by atoms with van der Waals surface area (Å²) in [4.78, 5) is 11.8. The number of carbonyl (C=O) groups excluding carboxylic acids is 1. The molecule has 0 aliphatic rings. The van der Waals surface area contributed by atoms with E-state index in [0.29, 0.717) is 17.7 Å². The van der Waals surface area contributed by atoms with E-state index in [-0.39, 0.29) is 17.8 Å². The van der Waals surface area contributed by atoms with Gasteiger partial charge in [-0.1, -0.05) is 0 Å². The molecule has 0 radical (unpaired) electrons. The molecule has 1 rings (SSSR count). The molecular formula is C12H13ClN2O2. The molecule has 0 saturated carbocycles. The van der Waals surface area contributed by atoms with Crippen LogP contribution in [0.4, 0.5) is 0 Å². The molecule has 17 heavy (non-hydrogen) atoms. The smallest absolute Gasteiger partial charge is 0.251 e. The molecule has 1 atom stereocenters. The lowest BCUT2D eigenvalue weighted by molar-refractivity contribution is 0.0907. The van der Waals surface area contributed by atoms with E-state index in [2.05, 4.69) is 5.32 Å². The topological polar surface area (TPSA) is 62.1 Å². The van der Waals surface area contributed by atoms with Gasteiger partial charge in [0.2, 0.25) is 0 Å². The van der Waals surface area contributed by atoms with Crippen molar-refractivity contribution in [3.8, 4) is 6.07 Å². The molecular weight excluding hydrogens is 240 g/mol. The summed E-state index contributed by atoms with van der Waals surface area (Å²) in [6.45, 7) is 0.367. The van der Waals surface area contributed by atoms with Crippen LogP contribution in [0.1, 0.15) is 15.9 Å². The first-order valence-electron chi connectivity index (χ1n) is 5.07. The van der Waals surface area contributed by atoms with Crippen LogP contribution in [0, 0.1) is 11.3 Å². The normalized spacial score (nSPS) is 11.6. The second-order valence-corrected chi connectivity index (χ2v) is 3.78. The number of carbonyl (C=O) groups is 1. The SMILES string of the molecule is COCC(CCl)NC(=O)c1ccc(C#N)cc1. The first kappa shape index (κ1) is 13.5. The largest absolute Gasteiger partial charge is 0.383 e. The molecule has 1 aromatic rings. The standard InChI is InChI=1S/C12H13ClN2O2/c1-17-8-11(6-13)15-12(16)10-4-2-9(7-14)3-5-10/h2-5,11H,6,8H2,1H3,(H,15,16). The maximum absolute atomic E-state index is 11.8. The lowest BCUT2D eigenvalue weighted by Crippen LogP contribution is -2.39. The van der Waals surface area contributed by atoms with Gasteiger partial charge in [-0.15, -0.1) is 11.6 Å². The van der Waals surface area contributed by atoms with Crippen LogP contribution in [0.3, 0.4) is 0 Å². The summed E-state index contributed by atoms with van der Waals surface area (Å²) in [5.41, 5.74) is 1.02. The molecule has 0 aliphatic carbocycles. The van der Waals surface area contributed by atoms with E-state index in [1.807, 2.05) is 6.07 Å². The van der Waals surface area contributed by atoms with Gasteiger partial charge < -0.3 is 10.1 Å². The van der Waals surface area contributed by atoms with E-state index >= 15 is 0 Å². The highest BCUT2D eigenvalue weighted by molar-refractivity contribution is 6.18. The predicted octanol–water partition coefficient (Wildman–Crippen LogP) is 1.54. The molecule has 0 fully saturated rings. The third-order valence-electron chi connectivity index (χ3n) is 2.17. The maximum Gasteiger partial charge on any atom is 0.251 e. The molecule has 0 saturated heterocycles. The molecule has 0 heterocycles. The van der Waals surface area contributed by atoms with Gasteiger partial charge in [0, 0.05) is 18.6 Å². The highest BCUT2D eigenvalue weighted by Crippen LogP contribution is 2.04. The zero-order chi connectivity index (χ0) is 12.7. The van der Waals surface area contributed by atoms with Crippen molar-refractivity contribution in [1.82, 2.24) is 5.32 Å². The van der Waals surface area contributed by atoms with E-state index in [1.165, 1.54) is 0 Å². The molecule has 90 valence electrons. The Morgan fingerprint density at radius 2 is 2.18 bits per heavy atom. The van der Waals surface area contributed by atoms with Crippen molar-refractivity contribution in [3.05, 3.63) is 35.4 Å². The highest BCUT2D eigenvalue weighted by Gasteiger charge is 2.12. The Morgan fingerprint density at radius 3 is 2.65 bits per heavy atom. The molecule has 1 aromatic carbocycles. The number of hydrogen-bond acceptors (Lipinski definition) is 3. The number of nitrogens with zero attached hydrogens (tertiary/aromatic N) is 1. The van der Waals surface area contributed by atoms with Crippen molar-refractivity contribution in [3.63, 3.8) is 0 Å². The quantitative estimate of drug-likeness (QED) is 0.809. The minimum Gasteiger partial charge on any atom is -0.383 e. The number of halogens is 1. The van der Waals surface area contributed by atoms with E-state index in [0.717, 1.165) is 0 Å². The van der Waals surface area contributed by atoms with Gasteiger partial charge in [-0.05, 0) is 24.3 Å². The molecule has 1 N–H and O–H groups in total. The van der Waals surface area contributed by atoms with E-state index in [1.54, 1.807) is 31.4 Å². The molecule has 0 aliphatic heterocycles. The Morgan fingerprint density at radius 1 is 1.53 bits per heavy atom. The van der Waals surface area contributed by atoms with Gasteiger partial charge in [0.15, 0.2) is 0 Å². The lowest BCUT2D eigenvalue weighted by Gasteiger charge is -2.14. The number of rotatable bonds is 5. The van der Waals surface area contributed by atoms with Crippen molar-refractivity contribution in [1.29, 1.82) is 5.26 Å². The Balaban J connectivity index is 2.66. The van der Waals surface area contributed by atoms with Crippen LogP contribution >= 0.6 is 11.6 Å². The summed E-state index contributed by atoms with van der Waals surface area (Å²) < 4.78 is 4.93. The predicted molar refractivity (Wildman–Crippen MR) is 65.0 cm³/mol. The van der Waals surface area contributed by atoms with Gasteiger partial charge in [0.05, 0.1) is 24.3 Å². The van der Waals surface area contributed by atoms with Crippen LogP contribution in [0.15, 0.2) is 24.3 Å². The van der Waals surface area contributed by atoms with Gasteiger partial charge in [0.1, 0.15) is 0 Å². The fourth-order valence-electron chi connectivity index (χ4n) is 1.29. The average molecular weight is 253 g/mol. The summed E-state index contributed by atoms with van der Waals surface area (Å²) in [6.07, 6.45) is 0. The molecule has 5 heteroatoms. The van der Waals surface area contributed by atoms with E-state index < -0.39 is 0 Å². The van der Waals surface area contributed by atoms with Crippen LogP contribution in [0.5, 0.6) is 0 Å². The number of nitriles is 1. The third kappa shape index (κ3) is 4.06. The summed E-state index contributed by atoms with van der Waals surface area (Å²) in [5, 5.41) is 11.4. The number of methoxy groups -OCH3 is 1. The lowest BCUT2D eigenvalue weighted by atomic mass is 10.1. The Bertz CT molecular complexity index is 412. The van der Waals surface area contributed by atoms with E-state index in [9.17, 15) is 4.79 Å². The Hall–Kier alpha value is -1.57. The first-order valence-corrected chi connectivity index (χ1v) is 5.60. The van der Waals surface area contributed by atoms with Gasteiger partial charge in [-0.3, -0.25) is 4.79 Å². The molecule has 0 aromatic heterocycles. The van der Waals surface area contributed by atoms with Crippen LogP contribution < -0.4 is 5.32 Å². The maximum atomic E-state index is 11.8. The van der Waals surface area contributed by atoms with Gasteiger partial charge in [-0.2, -0.15) is 5.26 Å². The molecule has 4 nitrogen and oxygen atoms in total. The summed E-state index contributed by atoms with van der Waals surface area (Å²) in [5.74, 6) is 0.0627. The number of nitrogens with one attached hydrogen (secondary N) is 1. The molecule has 0 bridgehead atoms. The van der Waals surface area contributed by atoms with Crippen molar-refractivity contribution in [2.75, 3.05) is 19.6 Å². The fraction of sp³-hybridized carbons (Fsp3) is 0.333. The summed E-state index contributed by atoms with van der Waals surface area (Å²) >= 11 is 5.69. The van der Waals surface area contributed by atoms with Gasteiger partial charge in [0.25, 0.3) is 5.91 Å². The second-order valence-electron chi connectivity index (χ2n) is 3.47. The van der Waals surface area contributed by atoms with Crippen molar-refractivity contribution in [2.24, 2.45) is 0 Å². The van der Waals surface area contributed by atoms with Crippen molar-refractivity contribution >= 4 is 17.5 Å². The van der Waals surface area contributed by atoms with E-state index in [4.69, 9.17) is 21.6 Å². The van der Waals surface area contributed by atoms with Gasteiger partial charge >= 0.3 is 0 Å². The Labute approximate surface area is 105 Å². The highest BCUT2D eigenvalue weighted by atomic mass is 35.5. The van der Waals surface area contributed by atoms with Gasteiger partial charge in [-0.25, -0.2) is 0 Å². The average Bonchev–Trinajstić information content (AvgIpc) is 2.38. The number of alkyl halides is 1. The summed E-state index contributed by atoms with van der Waals surface area (Å²) in [6, 6.07) is 8.18. The molecule has 1 unspecified atom stereocenters. The number of hydrogen-bond donors (Lipinski definition) is 1. The first-order chi connectivity index (χ1) is 8.21. The zero-order valence-electron chi connectivity index (χ0n) is 9.44. The number of amides is 1. The minimum atomic E-state index is -0.225. The molecule has 0 spiro atoms. The summed E-state index contributed by atoms with van der Waals surface area (Å²) in [7, 11) is 1.55. The fourth-order valence-corrected chi connectivity index (χ4v) is 1.46. The van der Waals surface area contributed by atoms with Crippen molar-refractivity contribution < 1.29 is 9.53 Å². The number of benzene rings is 1. The van der Waals surface area contributed by atoms with Crippen LogP contribution in [-0.2, 0) is 4.74 Å². The zero-order valence-corrected chi connectivity index (χ0v) is 10.2. The third-order valence-corrected chi connectivity index (χ3v) is 2.54. The Kier molecular flexibility index (Phi) is 5.47. The monoisotopic (exact) mass is 252 g/mol. The van der Waals surface area contributed by atoms with Crippen LogP contribution in [0.25, 0.3) is 0 Å². The number of ether oxygens (including phenoxy) is 1.